The summed E-state index contributed by atoms with van der Waals surface area (Å²) >= 11 is 0. The maximum Gasteiger partial charge on any atom is 0.254 e. The second kappa shape index (κ2) is 7.57. The van der Waals surface area contributed by atoms with E-state index in [2.05, 4.69) is 0 Å². The summed E-state index contributed by atoms with van der Waals surface area (Å²) in [5.74, 6) is 0.107. The minimum absolute atomic E-state index is 0.107. The van der Waals surface area contributed by atoms with Gasteiger partial charge in [0.25, 0.3) is 5.91 Å². The third kappa shape index (κ3) is 3.71. The van der Waals surface area contributed by atoms with Gasteiger partial charge in [-0.1, -0.05) is 36.4 Å². The fourth-order valence-corrected chi connectivity index (χ4v) is 3.12. The van der Waals surface area contributed by atoms with Crippen molar-refractivity contribution in [3.63, 3.8) is 0 Å². The minimum Gasteiger partial charge on any atom is -0.396 e. The zero-order chi connectivity index (χ0) is 16.1. The lowest BCUT2D eigenvalue weighted by molar-refractivity contribution is 0.00402. The van der Waals surface area contributed by atoms with Gasteiger partial charge in [0.2, 0.25) is 0 Å². The number of nitrogens with zero attached hydrogens (tertiary/aromatic N) is 1. The van der Waals surface area contributed by atoms with E-state index in [1.54, 1.807) is 0 Å². The van der Waals surface area contributed by atoms with Gasteiger partial charge in [0.15, 0.2) is 0 Å². The maximum atomic E-state index is 12.8. The van der Waals surface area contributed by atoms with E-state index in [0.29, 0.717) is 13.0 Å². The summed E-state index contributed by atoms with van der Waals surface area (Å²) in [5.41, 5.74) is 0.780. The fraction of sp³-hybridized carbons (Fsp3) is 0.421. The summed E-state index contributed by atoms with van der Waals surface area (Å²) < 4.78 is 5.73. The van der Waals surface area contributed by atoms with Crippen molar-refractivity contribution < 1.29 is 14.6 Å². The van der Waals surface area contributed by atoms with E-state index >= 15 is 0 Å². The van der Waals surface area contributed by atoms with Crippen molar-refractivity contribution in [2.45, 2.75) is 25.4 Å². The Labute approximate surface area is 136 Å². The zero-order valence-electron chi connectivity index (χ0n) is 13.3. The van der Waals surface area contributed by atoms with E-state index in [0.717, 1.165) is 42.3 Å². The number of hydrogen-bond acceptors (Lipinski definition) is 3. The number of amides is 1. The number of aliphatic hydroxyl groups excluding tert-OH is 1. The first kappa shape index (κ1) is 16.0. The molecule has 23 heavy (non-hydrogen) atoms. The molecule has 0 spiro atoms. The van der Waals surface area contributed by atoms with Gasteiger partial charge in [0, 0.05) is 31.9 Å². The van der Waals surface area contributed by atoms with Crippen LogP contribution in [0.3, 0.4) is 0 Å². The molecule has 122 valence electrons. The monoisotopic (exact) mass is 313 g/mol. The molecule has 1 heterocycles. The number of rotatable bonds is 5. The van der Waals surface area contributed by atoms with Crippen molar-refractivity contribution in [1.29, 1.82) is 0 Å². The van der Waals surface area contributed by atoms with Gasteiger partial charge in [0.05, 0.1) is 6.10 Å². The van der Waals surface area contributed by atoms with Crippen LogP contribution in [0.15, 0.2) is 42.5 Å². The Balaban J connectivity index is 1.65. The molecule has 0 unspecified atom stereocenters. The Morgan fingerprint density at radius 3 is 2.65 bits per heavy atom. The van der Waals surface area contributed by atoms with Crippen LogP contribution in [0, 0.1) is 0 Å². The number of ether oxygens (including phenoxy) is 1. The Bertz CT molecular complexity index is 657. The van der Waals surface area contributed by atoms with Crippen LogP contribution in [0.5, 0.6) is 0 Å². The molecule has 1 aliphatic heterocycles. The molecule has 4 heteroatoms. The van der Waals surface area contributed by atoms with Gasteiger partial charge >= 0.3 is 0 Å². The number of fused-ring (bicyclic) bond motifs is 1. The summed E-state index contributed by atoms with van der Waals surface area (Å²) in [7, 11) is 0. The average Bonchev–Trinajstić information content (AvgIpc) is 2.61. The highest BCUT2D eigenvalue weighted by molar-refractivity contribution is 6.07. The average molecular weight is 313 g/mol. The number of carbonyl (C=O) groups excluding carboxylic acids is 1. The molecule has 1 N–H and O–H groups in total. The number of piperidine rings is 1. The fourth-order valence-electron chi connectivity index (χ4n) is 3.12. The highest BCUT2D eigenvalue weighted by Gasteiger charge is 2.24. The molecule has 0 bridgehead atoms. The topological polar surface area (TPSA) is 49.8 Å². The second-order valence-electron chi connectivity index (χ2n) is 5.97. The molecule has 1 aliphatic rings. The van der Waals surface area contributed by atoms with Crippen molar-refractivity contribution in [1.82, 2.24) is 4.90 Å². The highest BCUT2D eigenvalue weighted by atomic mass is 16.5. The molecule has 0 radical (unpaired) electrons. The van der Waals surface area contributed by atoms with Crippen molar-refractivity contribution in [2.24, 2.45) is 0 Å². The molecule has 0 saturated carbocycles. The van der Waals surface area contributed by atoms with Crippen molar-refractivity contribution in [2.75, 3.05) is 26.3 Å². The van der Waals surface area contributed by atoms with Gasteiger partial charge in [-0.25, -0.2) is 0 Å². The smallest absolute Gasteiger partial charge is 0.254 e. The predicted octanol–water partition coefficient (Wildman–Crippen LogP) is 2.84. The van der Waals surface area contributed by atoms with Crippen LogP contribution in [0.25, 0.3) is 10.8 Å². The van der Waals surface area contributed by atoms with Gasteiger partial charge in [-0.2, -0.15) is 0 Å². The Morgan fingerprint density at radius 1 is 1.13 bits per heavy atom. The number of likely N-dealkylation sites (tertiary alicyclic amines) is 1. The molecule has 2 aromatic carbocycles. The number of benzene rings is 2. The third-order valence-electron chi connectivity index (χ3n) is 4.41. The molecular formula is C19H23NO3. The van der Waals surface area contributed by atoms with Gasteiger partial charge in [-0.05, 0) is 36.1 Å². The van der Waals surface area contributed by atoms with Crippen molar-refractivity contribution in [3.05, 3.63) is 48.0 Å². The van der Waals surface area contributed by atoms with Gasteiger partial charge in [0.1, 0.15) is 0 Å². The number of carbonyl (C=O) groups is 1. The first-order valence-corrected chi connectivity index (χ1v) is 8.29. The lowest BCUT2D eigenvalue weighted by Gasteiger charge is -2.32. The molecule has 1 saturated heterocycles. The van der Waals surface area contributed by atoms with E-state index < -0.39 is 0 Å². The highest BCUT2D eigenvalue weighted by Crippen LogP contribution is 2.22. The van der Waals surface area contributed by atoms with Gasteiger partial charge in [-0.3, -0.25) is 4.79 Å². The lowest BCUT2D eigenvalue weighted by Crippen LogP contribution is -2.41. The van der Waals surface area contributed by atoms with E-state index in [4.69, 9.17) is 9.84 Å². The Morgan fingerprint density at radius 2 is 1.87 bits per heavy atom. The normalized spacial score (nSPS) is 16.0. The van der Waals surface area contributed by atoms with Crippen LogP contribution < -0.4 is 0 Å². The number of hydrogen-bond donors (Lipinski definition) is 1. The molecule has 3 rings (SSSR count). The third-order valence-corrected chi connectivity index (χ3v) is 4.41. The maximum absolute atomic E-state index is 12.8. The van der Waals surface area contributed by atoms with Crippen LogP contribution in [0.1, 0.15) is 29.6 Å². The molecule has 4 nitrogen and oxygen atoms in total. The van der Waals surface area contributed by atoms with Gasteiger partial charge < -0.3 is 14.7 Å². The van der Waals surface area contributed by atoms with Crippen LogP contribution in [-0.4, -0.2) is 48.3 Å². The Hall–Kier alpha value is -1.91. The van der Waals surface area contributed by atoms with E-state index in [1.807, 2.05) is 47.4 Å². The van der Waals surface area contributed by atoms with Crippen LogP contribution in [-0.2, 0) is 4.74 Å². The molecule has 0 aromatic heterocycles. The Kier molecular flexibility index (Phi) is 5.26. The van der Waals surface area contributed by atoms with E-state index in [1.165, 1.54) is 0 Å². The summed E-state index contributed by atoms with van der Waals surface area (Å²) in [4.78, 5) is 14.8. The zero-order valence-corrected chi connectivity index (χ0v) is 13.3. The summed E-state index contributed by atoms with van der Waals surface area (Å²) in [5, 5.41) is 10.9. The van der Waals surface area contributed by atoms with E-state index in [9.17, 15) is 4.79 Å². The summed E-state index contributed by atoms with van der Waals surface area (Å²) in [6, 6.07) is 13.9. The SMILES string of the molecule is O=C(c1cccc2ccccc12)N1CCC(OCCCO)CC1. The largest absolute Gasteiger partial charge is 0.396 e. The number of aliphatic hydroxyl groups is 1. The summed E-state index contributed by atoms with van der Waals surface area (Å²) in [6.07, 6.45) is 2.61. The van der Waals surface area contributed by atoms with Crippen LogP contribution in [0.4, 0.5) is 0 Å². The minimum atomic E-state index is 0.107. The van der Waals surface area contributed by atoms with Crippen molar-refractivity contribution in [3.8, 4) is 0 Å². The first-order valence-electron chi connectivity index (χ1n) is 8.29. The molecule has 0 aliphatic carbocycles. The molecule has 0 atom stereocenters. The molecule has 1 fully saturated rings. The summed E-state index contributed by atoms with van der Waals surface area (Å²) in [6.45, 7) is 2.22. The quantitative estimate of drug-likeness (QED) is 0.864. The predicted molar refractivity (Wildman–Crippen MR) is 90.5 cm³/mol. The van der Waals surface area contributed by atoms with Crippen molar-refractivity contribution >= 4 is 16.7 Å². The lowest BCUT2D eigenvalue weighted by atomic mass is 10.0. The molecule has 2 aromatic rings. The first-order chi connectivity index (χ1) is 11.3. The standard InChI is InChI=1S/C19H23NO3/c21-13-4-14-23-16-9-11-20(12-10-16)19(22)18-8-3-6-15-5-1-2-7-17(15)18/h1-3,5-8,16,21H,4,9-14H2. The molecular weight excluding hydrogens is 290 g/mol. The second-order valence-corrected chi connectivity index (χ2v) is 5.97. The van der Waals surface area contributed by atoms with Gasteiger partial charge in [-0.15, -0.1) is 0 Å². The van der Waals surface area contributed by atoms with E-state index in [-0.39, 0.29) is 18.6 Å². The molecule has 1 amide bonds. The van der Waals surface area contributed by atoms with Crippen LogP contribution in [0.2, 0.25) is 0 Å². The van der Waals surface area contributed by atoms with Crippen LogP contribution >= 0.6 is 0 Å².